The summed E-state index contributed by atoms with van der Waals surface area (Å²) >= 11 is 0. The molecule has 1 heterocycles. The fourth-order valence-electron chi connectivity index (χ4n) is 2.24. The summed E-state index contributed by atoms with van der Waals surface area (Å²) in [6.07, 6.45) is 3.91. The van der Waals surface area contributed by atoms with Crippen LogP contribution in [0.2, 0.25) is 0 Å². The van der Waals surface area contributed by atoms with E-state index in [1.165, 1.54) is 32.4 Å². The fraction of sp³-hybridized carbons (Fsp3) is 0.923. The first-order chi connectivity index (χ1) is 8.26. The molecule has 1 aliphatic rings. The molecule has 0 aromatic heterocycles. The minimum Gasteiger partial charge on any atom is -0.464 e. The van der Waals surface area contributed by atoms with E-state index in [9.17, 15) is 4.79 Å². The third kappa shape index (κ3) is 6.03. The van der Waals surface area contributed by atoms with Gasteiger partial charge in [0.1, 0.15) is 6.61 Å². The number of likely N-dealkylation sites (tertiary alicyclic amines) is 1. The lowest BCUT2D eigenvalue weighted by Crippen LogP contribution is -2.37. The van der Waals surface area contributed by atoms with Gasteiger partial charge in [0.05, 0.1) is 13.2 Å². The minimum atomic E-state index is -0.266. The highest BCUT2D eigenvalue weighted by Crippen LogP contribution is 2.18. The van der Waals surface area contributed by atoms with Gasteiger partial charge in [-0.2, -0.15) is 0 Å². The van der Waals surface area contributed by atoms with Crippen molar-refractivity contribution < 1.29 is 14.3 Å². The Labute approximate surface area is 104 Å². The van der Waals surface area contributed by atoms with Crippen LogP contribution in [0.4, 0.5) is 0 Å². The van der Waals surface area contributed by atoms with Crippen LogP contribution in [0.3, 0.4) is 0 Å². The maximum Gasteiger partial charge on any atom is 0.332 e. The molecule has 0 saturated carbocycles. The molecule has 1 aliphatic heterocycles. The predicted molar refractivity (Wildman–Crippen MR) is 66.9 cm³/mol. The molecule has 0 aliphatic carbocycles. The highest BCUT2D eigenvalue weighted by molar-refractivity contribution is 5.70. The van der Waals surface area contributed by atoms with Crippen LogP contribution in [-0.2, 0) is 14.3 Å². The van der Waals surface area contributed by atoms with Crippen LogP contribution in [0.15, 0.2) is 0 Å². The molecular weight excluding hydrogens is 218 g/mol. The van der Waals surface area contributed by atoms with Gasteiger partial charge in [0.15, 0.2) is 0 Å². The standard InChI is InChI=1S/C13H25NO3/c1-3-12-6-5-7-14(10-12)8-9-16-11-13(15)17-4-2/h12H,3-11H2,1-2H3. The van der Waals surface area contributed by atoms with Gasteiger partial charge in [0.25, 0.3) is 0 Å². The molecule has 4 heteroatoms. The smallest absolute Gasteiger partial charge is 0.332 e. The molecule has 17 heavy (non-hydrogen) atoms. The fourth-order valence-corrected chi connectivity index (χ4v) is 2.24. The zero-order valence-electron chi connectivity index (χ0n) is 11.1. The van der Waals surface area contributed by atoms with Crippen molar-refractivity contribution in [2.45, 2.75) is 33.1 Å². The highest BCUT2D eigenvalue weighted by atomic mass is 16.6. The summed E-state index contributed by atoms with van der Waals surface area (Å²) in [5, 5.41) is 0. The molecule has 0 aromatic rings. The molecule has 0 N–H and O–H groups in total. The van der Waals surface area contributed by atoms with E-state index in [1.807, 2.05) is 0 Å². The van der Waals surface area contributed by atoms with Gasteiger partial charge in [-0.15, -0.1) is 0 Å². The van der Waals surface area contributed by atoms with Gasteiger partial charge in [0, 0.05) is 13.1 Å². The van der Waals surface area contributed by atoms with Crippen molar-refractivity contribution in [3.63, 3.8) is 0 Å². The first kappa shape index (κ1) is 14.5. The largest absolute Gasteiger partial charge is 0.464 e. The van der Waals surface area contributed by atoms with Crippen molar-refractivity contribution in [3.05, 3.63) is 0 Å². The van der Waals surface area contributed by atoms with E-state index < -0.39 is 0 Å². The van der Waals surface area contributed by atoms with Gasteiger partial charge in [-0.25, -0.2) is 4.79 Å². The topological polar surface area (TPSA) is 38.8 Å². The SMILES string of the molecule is CCOC(=O)COCCN1CCCC(CC)C1. The number of carbonyl (C=O) groups excluding carboxylic acids is 1. The third-order valence-corrected chi connectivity index (χ3v) is 3.26. The first-order valence-corrected chi connectivity index (χ1v) is 6.72. The molecular formula is C13H25NO3. The molecule has 4 nitrogen and oxygen atoms in total. The Morgan fingerprint density at radius 2 is 2.24 bits per heavy atom. The molecule has 1 unspecified atom stereocenters. The van der Waals surface area contributed by atoms with E-state index in [1.54, 1.807) is 6.92 Å². The first-order valence-electron chi connectivity index (χ1n) is 6.72. The lowest BCUT2D eigenvalue weighted by Gasteiger charge is -2.31. The number of hydrogen-bond donors (Lipinski definition) is 0. The summed E-state index contributed by atoms with van der Waals surface area (Å²) in [5.74, 6) is 0.575. The van der Waals surface area contributed by atoms with Gasteiger partial charge in [0.2, 0.25) is 0 Å². The summed E-state index contributed by atoms with van der Waals surface area (Å²) < 4.78 is 10.1. The van der Waals surface area contributed by atoms with Crippen LogP contribution < -0.4 is 0 Å². The van der Waals surface area contributed by atoms with Gasteiger partial charge in [-0.3, -0.25) is 0 Å². The lowest BCUT2D eigenvalue weighted by molar-refractivity contribution is -0.148. The van der Waals surface area contributed by atoms with Crippen LogP contribution in [0, 0.1) is 5.92 Å². The third-order valence-electron chi connectivity index (χ3n) is 3.26. The second kappa shape index (κ2) is 8.48. The number of esters is 1. The molecule has 1 saturated heterocycles. The number of nitrogens with zero attached hydrogens (tertiary/aromatic N) is 1. The molecule has 1 atom stereocenters. The number of hydrogen-bond acceptors (Lipinski definition) is 4. The zero-order chi connectivity index (χ0) is 12.5. The summed E-state index contributed by atoms with van der Waals surface area (Å²) in [7, 11) is 0. The van der Waals surface area contributed by atoms with E-state index in [-0.39, 0.29) is 12.6 Å². The van der Waals surface area contributed by atoms with Crippen LogP contribution in [0.5, 0.6) is 0 Å². The molecule has 0 radical (unpaired) electrons. The van der Waals surface area contributed by atoms with Gasteiger partial charge < -0.3 is 14.4 Å². The van der Waals surface area contributed by atoms with Crippen molar-refractivity contribution in [2.24, 2.45) is 5.92 Å². The summed E-state index contributed by atoms with van der Waals surface area (Å²) in [6, 6.07) is 0. The monoisotopic (exact) mass is 243 g/mol. The average Bonchev–Trinajstić information content (AvgIpc) is 2.35. The Kier molecular flexibility index (Phi) is 7.21. The Morgan fingerprint density at radius 1 is 1.41 bits per heavy atom. The van der Waals surface area contributed by atoms with Crippen LogP contribution in [0.25, 0.3) is 0 Å². The molecule has 1 fully saturated rings. The van der Waals surface area contributed by atoms with Gasteiger partial charge >= 0.3 is 5.97 Å². The van der Waals surface area contributed by atoms with Crippen LogP contribution >= 0.6 is 0 Å². The number of carbonyl (C=O) groups is 1. The van der Waals surface area contributed by atoms with E-state index >= 15 is 0 Å². The van der Waals surface area contributed by atoms with Crippen molar-refractivity contribution >= 4 is 5.97 Å². The van der Waals surface area contributed by atoms with E-state index in [2.05, 4.69) is 11.8 Å². The predicted octanol–water partition coefficient (Wildman–Crippen LogP) is 1.69. The highest BCUT2D eigenvalue weighted by Gasteiger charge is 2.17. The maximum absolute atomic E-state index is 11.0. The second-order valence-electron chi connectivity index (χ2n) is 4.57. The van der Waals surface area contributed by atoms with Crippen LogP contribution in [0.1, 0.15) is 33.1 Å². The zero-order valence-corrected chi connectivity index (χ0v) is 11.1. The van der Waals surface area contributed by atoms with Crippen LogP contribution in [-0.4, -0.2) is 50.3 Å². The summed E-state index contributed by atoms with van der Waals surface area (Å²) in [4.78, 5) is 13.5. The molecule has 0 bridgehead atoms. The second-order valence-corrected chi connectivity index (χ2v) is 4.57. The van der Waals surface area contributed by atoms with E-state index in [0.717, 1.165) is 12.5 Å². The van der Waals surface area contributed by atoms with Crippen molar-refractivity contribution in [1.29, 1.82) is 0 Å². The van der Waals surface area contributed by atoms with Crippen molar-refractivity contribution in [2.75, 3.05) is 39.5 Å². The minimum absolute atomic E-state index is 0.0822. The number of rotatable bonds is 7. The number of piperidine rings is 1. The molecule has 0 amide bonds. The quantitative estimate of drug-likeness (QED) is 0.504. The summed E-state index contributed by atoms with van der Waals surface area (Å²) in [5.41, 5.74) is 0. The average molecular weight is 243 g/mol. The normalized spacial score (nSPS) is 21.4. The Balaban J connectivity index is 2.04. The van der Waals surface area contributed by atoms with Gasteiger partial charge in [-0.1, -0.05) is 13.3 Å². The Bertz CT molecular complexity index is 221. The molecule has 1 rings (SSSR count). The lowest BCUT2D eigenvalue weighted by atomic mass is 9.96. The molecule has 0 spiro atoms. The molecule has 0 aromatic carbocycles. The van der Waals surface area contributed by atoms with E-state index in [0.29, 0.717) is 13.2 Å². The van der Waals surface area contributed by atoms with Crippen molar-refractivity contribution in [1.82, 2.24) is 4.90 Å². The number of ether oxygens (including phenoxy) is 2. The van der Waals surface area contributed by atoms with E-state index in [4.69, 9.17) is 9.47 Å². The van der Waals surface area contributed by atoms with Crippen molar-refractivity contribution in [3.8, 4) is 0 Å². The molecule has 100 valence electrons. The summed E-state index contributed by atoms with van der Waals surface area (Å²) in [6.45, 7) is 8.46. The Hall–Kier alpha value is -0.610. The maximum atomic E-state index is 11.0. The Morgan fingerprint density at radius 3 is 2.94 bits per heavy atom. The van der Waals surface area contributed by atoms with Gasteiger partial charge in [-0.05, 0) is 32.2 Å².